The zero-order valence-electron chi connectivity index (χ0n) is 13.9. The maximum absolute atomic E-state index is 4.73. The van der Waals surface area contributed by atoms with Crippen LogP contribution in [0.25, 0.3) is 0 Å². The summed E-state index contributed by atoms with van der Waals surface area (Å²) in [7, 11) is 0. The summed E-state index contributed by atoms with van der Waals surface area (Å²) in [6.07, 6.45) is 11.2. The average Bonchev–Trinajstić information content (AvgIpc) is 2.91. The van der Waals surface area contributed by atoms with Crippen LogP contribution in [0.4, 0.5) is 0 Å². The van der Waals surface area contributed by atoms with Gasteiger partial charge in [0.15, 0.2) is 0 Å². The van der Waals surface area contributed by atoms with Crippen LogP contribution in [0.15, 0.2) is 6.33 Å². The van der Waals surface area contributed by atoms with E-state index in [0.717, 1.165) is 18.4 Å². The lowest BCUT2D eigenvalue weighted by Crippen LogP contribution is -2.43. The Bertz CT molecular complexity index is 463. The molecule has 1 fully saturated rings. The third-order valence-corrected chi connectivity index (χ3v) is 5.68. The number of imidazole rings is 1. The molecule has 0 aromatic carbocycles. The summed E-state index contributed by atoms with van der Waals surface area (Å²) < 4.78 is 2.55. The molecule has 0 radical (unpaired) electrons. The van der Waals surface area contributed by atoms with Gasteiger partial charge in [0, 0.05) is 11.7 Å². The smallest absolute Gasteiger partial charge is 0.0954 e. The van der Waals surface area contributed by atoms with Crippen molar-refractivity contribution in [1.29, 1.82) is 0 Å². The van der Waals surface area contributed by atoms with E-state index in [0.29, 0.717) is 12.1 Å². The van der Waals surface area contributed by atoms with Gasteiger partial charge in [0.1, 0.15) is 0 Å². The summed E-state index contributed by atoms with van der Waals surface area (Å²) in [6.45, 7) is 8.08. The summed E-state index contributed by atoms with van der Waals surface area (Å²) in [5.74, 6) is 1.67. The molecule has 2 aliphatic rings. The molecular weight excluding hydrogens is 258 g/mol. The summed E-state index contributed by atoms with van der Waals surface area (Å²) in [5.41, 5.74) is 2.92. The quantitative estimate of drug-likeness (QED) is 0.915. The van der Waals surface area contributed by atoms with Crippen molar-refractivity contribution < 1.29 is 0 Å². The van der Waals surface area contributed by atoms with E-state index in [1.165, 1.54) is 50.6 Å². The van der Waals surface area contributed by atoms with Crippen molar-refractivity contribution in [1.82, 2.24) is 14.9 Å². The lowest BCUT2D eigenvalue weighted by molar-refractivity contribution is 0.170. The second kappa shape index (κ2) is 6.51. The van der Waals surface area contributed by atoms with Gasteiger partial charge in [-0.2, -0.15) is 0 Å². The fourth-order valence-corrected chi connectivity index (χ4v) is 4.37. The molecule has 118 valence electrons. The van der Waals surface area contributed by atoms with Crippen LogP contribution in [0.2, 0.25) is 0 Å². The number of aryl methyl sites for hydroxylation is 1. The lowest BCUT2D eigenvalue weighted by Gasteiger charge is -2.40. The molecule has 1 N–H and O–H groups in total. The molecular formula is C18H31N3. The van der Waals surface area contributed by atoms with E-state index in [9.17, 15) is 0 Å². The Hall–Kier alpha value is -0.830. The van der Waals surface area contributed by atoms with Crippen molar-refractivity contribution in [3.8, 4) is 0 Å². The Morgan fingerprint density at radius 3 is 2.86 bits per heavy atom. The van der Waals surface area contributed by atoms with E-state index in [1.54, 1.807) is 5.69 Å². The SMILES string of the molecule is CCNC1CCC(C(C)C)CC1n1cnc2c1CCCC2. The molecule has 0 amide bonds. The first kappa shape index (κ1) is 15.1. The third kappa shape index (κ3) is 3.03. The van der Waals surface area contributed by atoms with Crippen molar-refractivity contribution in [2.45, 2.75) is 77.8 Å². The minimum atomic E-state index is 0.612. The highest BCUT2D eigenvalue weighted by atomic mass is 15.1. The predicted octanol–water partition coefficient (Wildman–Crippen LogP) is 3.74. The minimum absolute atomic E-state index is 0.612. The predicted molar refractivity (Wildman–Crippen MR) is 87.5 cm³/mol. The monoisotopic (exact) mass is 289 g/mol. The van der Waals surface area contributed by atoms with E-state index in [4.69, 9.17) is 4.98 Å². The van der Waals surface area contributed by atoms with Crippen LogP contribution in [-0.4, -0.2) is 22.1 Å². The molecule has 1 saturated carbocycles. The topological polar surface area (TPSA) is 29.9 Å². The average molecular weight is 289 g/mol. The molecule has 3 rings (SSSR count). The van der Waals surface area contributed by atoms with Crippen molar-refractivity contribution in [2.75, 3.05) is 6.54 Å². The van der Waals surface area contributed by atoms with Gasteiger partial charge in [-0.25, -0.2) is 4.98 Å². The Morgan fingerprint density at radius 2 is 2.10 bits per heavy atom. The molecule has 1 aromatic heterocycles. The maximum atomic E-state index is 4.73. The Balaban J connectivity index is 1.86. The van der Waals surface area contributed by atoms with Crippen LogP contribution in [0.3, 0.4) is 0 Å². The zero-order valence-corrected chi connectivity index (χ0v) is 13.9. The Labute approximate surface area is 129 Å². The van der Waals surface area contributed by atoms with Gasteiger partial charge in [-0.3, -0.25) is 0 Å². The van der Waals surface area contributed by atoms with Gasteiger partial charge in [0.2, 0.25) is 0 Å². The van der Waals surface area contributed by atoms with Crippen LogP contribution < -0.4 is 5.32 Å². The molecule has 1 aromatic rings. The van der Waals surface area contributed by atoms with Gasteiger partial charge >= 0.3 is 0 Å². The number of hydrogen-bond donors (Lipinski definition) is 1. The number of likely N-dealkylation sites (N-methyl/N-ethyl adjacent to an activating group) is 1. The van der Waals surface area contributed by atoms with Gasteiger partial charge < -0.3 is 9.88 Å². The fourth-order valence-electron chi connectivity index (χ4n) is 4.37. The van der Waals surface area contributed by atoms with Gasteiger partial charge in [-0.15, -0.1) is 0 Å². The number of rotatable bonds is 4. The molecule has 3 unspecified atom stereocenters. The fraction of sp³-hybridized carbons (Fsp3) is 0.833. The van der Waals surface area contributed by atoms with E-state index in [2.05, 4.69) is 37.0 Å². The van der Waals surface area contributed by atoms with Crippen molar-refractivity contribution in [3.63, 3.8) is 0 Å². The molecule has 1 heterocycles. The summed E-state index contributed by atoms with van der Waals surface area (Å²) in [5, 5.41) is 3.74. The van der Waals surface area contributed by atoms with Gasteiger partial charge in [-0.05, 0) is 63.3 Å². The Morgan fingerprint density at radius 1 is 1.29 bits per heavy atom. The first-order chi connectivity index (χ1) is 10.2. The highest BCUT2D eigenvalue weighted by Crippen LogP contribution is 2.38. The zero-order chi connectivity index (χ0) is 14.8. The molecule has 21 heavy (non-hydrogen) atoms. The van der Waals surface area contributed by atoms with Crippen LogP contribution in [0.5, 0.6) is 0 Å². The van der Waals surface area contributed by atoms with Gasteiger partial charge in [0.25, 0.3) is 0 Å². The molecule has 2 aliphatic carbocycles. The maximum Gasteiger partial charge on any atom is 0.0954 e. The largest absolute Gasteiger partial charge is 0.330 e. The summed E-state index contributed by atoms with van der Waals surface area (Å²) in [4.78, 5) is 4.73. The third-order valence-electron chi connectivity index (χ3n) is 5.68. The van der Waals surface area contributed by atoms with Crippen LogP contribution in [0, 0.1) is 11.8 Å². The number of nitrogens with one attached hydrogen (secondary N) is 1. The number of aromatic nitrogens is 2. The first-order valence-electron chi connectivity index (χ1n) is 8.98. The van der Waals surface area contributed by atoms with Crippen molar-refractivity contribution in [2.24, 2.45) is 11.8 Å². The molecule has 3 atom stereocenters. The number of hydrogen-bond acceptors (Lipinski definition) is 2. The van der Waals surface area contributed by atoms with E-state index < -0.39 is 0 Å². The number of fused-ring (bicyclic) bond motifs is 1. The van der Waals surface area contributed by atoms with Crippen LogP contribution in [0.1, 0.15) is 70.3 Å². The van der Waals surface area contributed by atoms with Gasteiger partial charge in [0.05, 0.1) is 18.1 Å². The second-order valence-corrected chi connectivity index (χ2v) is 7.30. The standard InChI is InChI=1S/C18H31N3/c1-4-19-16-10-9-14(13(2)3)11-18(16)21-12-20-15-7-5-6-8-17(15)21/h12-14,16,18-19H,4-11H2,1-3H3. The lowest BCUT2D eigenvalue weighted by atomic mass is 9.76. The molecule has 3 nitrogen and oxygen atoms in total. The van der Waals surface area contributed by atoms with E-state index in [1.807, 2.05) is 0 Å². The summed E-state index contributed by atoms with van der Waals surface area (Å²) in [6, 6.07) is 1.24. The second-order valence-electron chi connectivity index (χ2n) is 7.30. The highest BCUT2D eigenvalue weighted by molar-refractivity contribution is 5.18. The highest BCUT2D eigenvalue weighted by Gasteiger charge is 2.34. The minimum Gasteiger partial charge on any atom is -0.330 e. The normalized spacial score (nSPS) is 29.6. The van der Waals surface area contributed by atoms with Crippen LogP contribution >= 0.6 is 0 Å². The van der Waals surface area contributed by atoms with Crippen molar-refractivity contribution in [3.05, 3.63) is 17.7 Å². The van der Waals surface area contributed by atoms with Crippen LogP contribution in [-0.2, 0) is 12.8 Å². The van der Waals surface area contributed by atoms with Crippen molar-refractivity contribution >= 4 is 0 Å². The van der Waals surface area contributed by atoms with E-state index >= 15 is 0 Å². The molecule has 0 bridgehead atoms. The van der Waals surface area contributed by atoms with E-state index in [-0.39, 0.29) is 0 Å². The number of nitrogens with zero attached hydrogens (tertiary/aromatic N) is 2. The van der Waals surface area contributed by atoms with Gasteiger partial charge in [-0.1, -0.05) is 20.8 Å². The summed E-state index contributed by atoms with van der Waals surface area (Å²) >= 11 is 0. The molecule has 0 saturated heterocycles. The first-order valence-corrected chi connectivity index (χ1v) is 8.98. The molecule has 0 spiro atoms. The Kier molecular flexibility index (Phi) is 4.68. The molecule has 0 aliphatic heterocycles. The molecule has 3 heteroatoms.